The van der Waals surface area contributed by atoms with Gasteiger partial charge in [0.15, 0.2) is 0 Å². The Labute approximate surface area is 148 Å². The topological polar surface area (TPSA) is 50.2 Å². The number of amides is 1. The zero-order chi connectivity index (χ0) is 17.6. The third-order valence-electron chi connectivity index (χ3n) is 4.20. The fraction of sp³-hybridized carbons (Fsp3) is 0.300. The molecule has 0 aliphatic rings. The van der Waals surface area contributed by atoms with Crippen LogP contribution < -0.4 is 10.3 Å². The van der Waals surface area contributed by atoms with Crippen molar-refractivity contribution in [2.45, 2.75) is 26.7 Å². The number of hydrogen-bond donors (Lipinski definition) is 1. The molecule has 5 nitrogen and oxygen atoms in total. The number of anilines is 1. The van der Waals surface area contributed by atoms with Crippen molar-refractivity contribution in [3.05, 3.63) is 60.6 Å². The molecule has 130 valence electrons. The van der Waals surface area contributed by atoms with Gasteiger partial charge in [0.1, 0.15) is 0 Å². The van der Waals surface area contributed by atoms with Gasteiger partial charge in [-0.1, -0.05) is 25.1 Å². The molecule has 0 saturated carbocycles. The Kier molecular flexibility index (Phi) is 5.33. The Hall–Kier alpha value is -2.82. The summed E-state index contributed by atoms with van der Waals surface area (Å²) in [6, 6.07) is 12.5. The van der Waals surface area contributed by atoms with Crippen LogP contribution in [0.1, 0.15) is 25.8 Å². The number of nitrogens with one attached hydrogen (secondary N) is 1. The van der Waals surface area contributed by atoms with E-state index in [1.54, 1.807) is 6.92 Å². The molecule has 0 fully saturated rings. The highest BCUT2D eigenvalue weighted by molar-refractivity contribution is 5.85. The van der Waals surface area contributed by atoms with E-state index in [4.69, 9.17) is 0 Å². The molecule has 1 aromatic carbocycles. The Morgan fingerprint density at radius 1 is 1.20 bits per heavy atom. The Morgan fingerprint density at radius 3 is 2.68 bits per heavy atom. The van der Waals surface area contributed by atoms with Gasteiger partial charge in [-0.15, -0.1) is 0 Å². The van der Waals surface area contributed by atoms with Crippen molar-refractivity contribution in [3.63, 3.8) is 0 Å². The van der Waals surface area contributed by atoms with Gasteiger partial charge < -0.3 is 5.32 Å². The van der Waals surface area contributed by atoms with Gasteiger partial charge in [-0.2, -0.15) is 0 Å². The smallest absolute Gasteiger partial charge is 0.216 e. The lowest BCUT2D eigenvalue weighted by atomic mass is 10.1. The maximum absolute atomic E-state index is 11.2. The summed E-state index contributed by atoms with van der Waals surface area (Å²) in [6.45, 7) is 5.29. The Balaban J connectivity index is 2.00. The fourth-order valence-corrected chi connectivity index (χ4v) is 3.09. The SMILES string of the molecule is CCCN(c1ccncc1)n1cc(CCNC(C)=O)c2ccccc21. The number of fused-ring (bicyclic) bond motifs is 1. The van der Waals surface area contributed by atoms with E-state index in [9.17, 15) is 4.79 Å². The summed E-state index contributed by atoms with van der Waals surface area (Å²) in [5, 5.41) is 6.38. The minimum atomic E-state index is 0.00753. The molecule has 0 spiro atoms. The first-order valence-electron chi connectivity index (χ1n) is 8.72. The Morgan fingerprint density at radius 2 is 1.96 bits per heavy atom. The summed E-state index contributed by atoms with van der Waals surface area (Å²) in [6.07, 6.45) is 7.67. The van der Waals surface area contributed by atoms with Crippen molar-refractivity contribution in [1.29, 1.82) is 0 Å². The van der Waals surface area contributed by atoms with Crippen LogP contribution in [0, 0.1) is 0 Å². The van der Waals surface area contributed by atoms with Crippen LogP contribution in [0.3, 0.4) is 0 Å². The molecule has 3 rings (SSSR count). The summed E-state index contributed by atoms with van der Waals surface area (Å²) in [4.78, 5) is 15.3. The molecule has 0 atom stereocenters. The van der Waals surface area contributed by atoms with E-state index >= 15 is 0 Å². The van der Waals surface area contributed by atoms with Gasteiger partial charge in [0.05, 0.1) is 11.2 Å². The number of pyridine rings is 1. The number of para-hydroxylation sites is 1. The van der Waals surface area contributed by atoms with Gasteiger partial charge in [0.25, 0.3) is 0 Å². The van der Waals surface area contributed by atoms with E-state index in [0.717, 1.165) is 25.1 Å². The second kappa shape index (κ2) is 7.83. The van der Waals surface area contributed by atoms with Gasteiger partial charge in [-0.3, -0.25) is 19.5 Å². The maximum atomic E-state index is 11.2. The lowest BCUT2D eigenvalue weighted by molar-refractivity contribution is -0.118. The number of carbonyl (C=O) groups excluding carboxylic acids is 1. The van der Waals surface area contributed by atoms with Gasteiger partial charge in [-0.05, 0) is 36.6 Å². The normalized spacial score (nSPS) is 10.8. The number of rotatable bonds is 7. The second-order valence-electron chi connectivity index (χ2n) is 6.08. The van der Waals surface area contributed by atoms with Crippen LogP contribution in [0.15, 0.2) is 55.0 Å². The van der Waals surface area contributed by atoms with Crippen LogP contribution in [0.25, 0.3) is 10.9 Å². The van der Waals surface area contributed by atoms with Crippen LogP contribution in [0.4, 0.5) is 5.69 Å². The summed E-state index contributed by atoms with van der Waals surface area (Å²) in [5.41, 5.74) is 3.52. The minimum Gasteiger partial charge on any atom is -0.356 e. The van der Waals surface area contributed by atoms with Crippen molar-refractivity contribution < 1.29 is 4.79 Å². The first-order chi connectivity index (χ1) is 12.2. The molecule has 2 aromatic heterocycles. The molecule has 1 N–H and O–H groups in total. The number of nitrogens with zero attached hydrogens (tertiary/aromatic N) is 3. The molecule has 25 heavy (non-hydrogen) atoms. The molecule has 0 bridgehead atoms. The van der Waals surface area contributed by atoms with E-state index in [-0.39, 0.29) is 5.91 Å². The van der Waals surface area contributed by atoms with Crippen molar-refractivity contribution in [3.8, 4) is 0 Å². The molecule has 1 amide bonds. The highest BCUT2D eigenvalue weighted by Crippen LogP contribution is 2.25. The van der Waals surface area contributed by atoms with Crippen LogP contribution >= 0.6 is 0 Å². The van der Waals surface area contributed by atoms with Crippen molar-refractivity contribution in [2.24, 2.45) is 0 Å². The monoisotopic (exact) mass is 336 g/mol. The highest BCUT2D eigenvalue weighted by atomic mass is 16.1. The molecule has 0 aliphatic carbocycles. The van der Waals surface area contributed by atoms with Crippen LogP contribution in [-0.4, -0.2) is 28.7 Å². The van der Waals surface area contributed by atoms with Gasteiger partial charge >= 0.3 is 0 Å². The summed E-state index contributed by atoms with van der Waals surface area (Å²) in [7, 11) is 0. The average molecular weight is 336 g/mol. The molecular formula is C20H24N4O. The molecule has 2 heterocycles. The number of aromatic nitrogens is 2. The number of carbonyl (C=O) groups is 1. The standard InChI is InChI=1S/C20H24N4O/c1-3-14-23(18-9-11-21-12-10-18)24-15-17(8-13-22-16(2)25)19-6-4-5-7-20(19)24/h4-7,9-12,15H,3,8,13-14H2,1-2H3,(H,22,25). The maximum Gasteiger partial charge on any atom is 0.216 e. The van der Waals surface area contributed by atoms with Crippen LogP contribution in [0.2, 0.25) is 0 Å². The van der Waals surface area contributed by atoms with E-state index in [1.807, 2.05) is 24.5 Å². The molecular weight excluding hydrogens is 312 g/mol. The molecule has 0 radical (unpaired) electrons. The first-order valence-corrected chi connectivity index (χ1v) is 8.72. The second-order valence-corrected chi connectivity index (χ2v) is 6.08. The van der Waals surface area contributed by atoms with Crippen molar-refractivity contribution in [2.75, 3.05) is 18.1 Å². The van der Waals surface area contributed by atoms with Crippen molar-refractivity contribution >= 4 is 22.5 Å². The van der Waals surface area contributed by atoms with Crippen LogP contribution in [0.5, 0.6) is 0 Å². The van der Waals surface area contributed by atoms with E-state index < -0.39 is 0 Å². The molecule has 3 aromatic rings. The predicted octanol–water partition coefficient (Wildman–Crippen LogP) is 3.39. The molecule has 0 aliphatic heterocycles. The summed E-state index contributed by atoms with van der Waals surface area (Å²) >= 11 is 0. The van der Waals surface area contributed by atoms with Gasteiger partial charge in [-0.25, -0.2) is 0 Å². The third-order valence-corrected chi connectivity index (χ3v) is 4.20. The lowest BCUT2D eigenvalue weighted by Crippen LogP contribution is -2.29. The number of hydrogen-bond acceptors (Lipinski definition) is 3. The third kappa shape index (κ3) is 3.82. The van der Waals surface area contributed by atoms with Gasteiger partial charge in [0.2, 0.25) is 5.91 Å². The largest absolute Gasteiger partial charge is 0.356 e. The highest BCUT2D eigenvalue weighted by Gasteiger charge is 2.14. The van der Waals surface area contributed by atoms with E-state index in [0.29, 0.717) is 6.54 Å². The van der Waals surface area contributed by atoms with Crippen molar-refractivity contribution in [1.82, 2.24) is 15.0 Å². The lowest BCUT2D eigenvalue weighted by Gasteiger charge is -2.26. The first kappa shape index (κ1) is 17.0. The Bertz CT molecular complexity index is 841. The summed E-state index contributed by atoms with van der Waals surface area (Å²) < 4.78 is 2.22. The van der Waals surface area contributed by atoms with Gasteiger partial charge in [0, 0.05) is 44.0 Å². The number of benzene rings is 1. The molecule has 0 unspecified atom stereocenters. The van der Waals surface area contributed by atoms with E-state index in [1.165, 1.54) is 16.5 Å². The summed E-state index contributed by atoms with van der Waals surface area (Å²) in [5.74, 6) is 0.00753. The quantitative estimate of drug-likeness (QED) is 0.719. The molecule has 0 saturated heterocycles. The average Bonchev–Trinajstić information content (AvgIpc) is 2.99. The molecule has 5 heteroatoms. The predicted molar refractivity (Wildman–Crippen MR) is 102 cm³/mol. The fourth-order valence-electron chi connectivity index (χ4n) is 3.09. The van der Waals surface area contributed by atoms with Crippen LogP contribution in [-0.2, 0) is 11.2 Å². The van der Waals surface area contributed by atoms with E-state index in [2.05, 4.69) is 57.4 Å². The zero-order valence-electron chi connectivity index (χ0n) is 14.8. The zero-order valence-corrected chi connectivity index (χ0v) is 14.8. The minimum absolute atomic E-state index is 0.00753.